The van der Waals surface area contributed by atoms with Gasteiger partial charge in [-0.2, -0.15) is 4.31 Å². The number of unbranched alkanes of at least 4 members (excludes halogenated alkanes) is 1. The summed E-state index contributed by atoms with van der Waals surface area (Å²) in [5, 5.41) is 2.96. The zero-order chi connectivity index (χ0) is 22.7. The number of nitrogens with one attached hydrogen (secondary N) is 1. The van der Waals surface area contributed by atoms with Crippen LogP contribution in [0.4, 0.5) is 5.69 Å². The third-order valence-electron chi connectivity index (χ3n) is 6.55. The number of piperidine rings is 1. The average Bonchev–Trinajstić information content (AvgIpc) is 2.96. The van der Waals surface area contributed by atoms with Crippen molar-refractivity contribution in [3.05, 3.63) is 24.3 Å². The van der Waals surface area contributed by atoms with Gasteiger partial charge < -0.3 is 10.1 Å². The molecule has 2 heterocycles. The summed E-state index contributed by atoms with van der Waals surface area (Å²) in [6.07, 6.45) is 6.13. The summed E-state index contributed by atoms with van der Waals surface area (Å²) in [5.41, 5.74) is 0.440. The van der Waals surface area contributed by atoms with Crippen molar-refractivity contribution in [3.8, 4) is 5.75 Å². The summed E-state index contributed by atoms with van der Waals surface area (Å²) in [4.78, 5) is 14.7. The van der Waals surface area contributed by atoms with Gasteiger partial charge in [0.25, 0.3) is 0 Å². The average molecular weight is 452 g/mol. The Balaban J connectivity index is 1.47. The fourth-order valence-corrected chi connectivity index (χ4v) is 6.51. The van der Waals surface area contributed by atoms with Crippen LogP contribution in [0.1, 0.15) is 52.9 Å². The van der Waals surface area contributed by atoms with Crippen LogP contribution in [0, 0.1) is 5.41 Å². The van der Waals surface area contributed by atoms with Crippen LogP contribution in [0.2, 0.25) is 0 Å². The normalized spacial score (nSPS) is 21.3. The minimum Gasteiger partial charge on any atom is -0.494 e. The topological polar surface area (TPSA) is 79.0 Å². The van der Waals surface area contributed by atoms with Crippen LogP contribution in [0.3, 0.4) is 0 Å². The Morgan fingerprint density at radius 2 is 1.81 bits per heavy atom. The number of ether oxygens (including phenoxy) is 1. The van der Waals surface area contributed by atoms with Crippen LogP contribution in [-0.4, -0.2) is 68.1 Å². The fourth-order valence-electron chi connectivity index (χ4n) is 5.04. The van der Waals surface area contributed by atoms with Gasteiger partial charge in [-0.25, -0.2) is 8.42 Å². The van der Waals surface area contributed by atoms with E-state index in [2.05, 4.69) is 17.1 Å². The predicted octanol–water partition coefficient (Wildman–Crippen LogP) is 3.33. The number of amides is 1. The first-order chi connectivity index (χ1) is 14.5. The minimum absolute atomic E-state index is 0.0210. The van der Waals surface area contributed by atoms with E-state index in [4.69, 9.17) is 4.74 Å². The van der Waals surface area contributed by atoms with Gasteiger partial charge in [0.15, 0.2) is 0 Å². The van der Waals surface area contributed by atoms with E-state index in [-0.39, 0.29) is 16.9 Å². The number of benzene rings is 1. The molecule has 1 spiro atoms. The van der Waals surface area contributed by atoms with Gasteiger partial charge in [0.2, 0.25) is 15.9 Å². The van der Waals surface area contributed by atoms with Gasteiger partial charge in [0, 0.05) is 17.8 Å². The number of hydrogen-bond donors (Lipinski definition) is 1. The SMILES string of the molecule is CCCCOc1ccc(NC(=O)CN2CCC3(CC2)CN(S(C)(=O)=O)C(C)(C)C3)cc1. The molecule has 0 bridgehead atoms. The van der Waals surface area contributed by atoms with Crippen molar-refractivity contribution in [1.29, 1.82) is 0 Å². The predicted molar refractivity (Wildman–Crippen MR) is 124 cm³/mol. The molecule has 2 aliphatic rings. The lowest BCUT2D eigenvalue weighted by Gasteiger charge is -2.39. The zero-order valence-corrected chi connectivity index (χ0v) is 20.1. The molecule has 2 fully saturated rings. The molecule has 0 atom stereocenters. The second kappa shape index (κ2) is 9.46. The number of likely N-dealkylation sites (tertiary alicyclic amines) is 1. The number of nitrogens with zero attached hydrogens (tertiary/aromatic N) is 2. The maximum absolute atomic E-state index is 12.5. The lowest BCUT2D eigenvalue weighted by molar-refractivity contribution is -0.117. The molecule has 7 nitrogen and oxygen atoms in total. The van der Waals surface area contributed by atoms with Gasteiger partial charge in [-0.1, -0.05) is 13.3 Å². The van der Waals surface area contributed by atoms with Crippen LogP contribution < -0.4 is 10.1 Å². The molecule has 0 radical (unpaired) electrons. The molecule has 3 rings (SSSR count). The van der Waals surface area contributed by atoms with Crippen LogP contribution >= 0.6 is 0 Å². The number of anilines is 1. The summed E-state index contributed by atoms with van der Waals surface area (Å²) in [7, 11) is -3.22. The molecule has 8 heteroatoms. The highest BCUT2D eigenvalue weighted by Gasteiger charge is 2.52. The molecule has 1 N–H and O–H groups in total. The molecule has 0 saturated carbocycles. The Kier molecular flexibility index (Phi) is 7.33. The van der Waals surface area contributed by atoms with Gasteiger partial charge in [-0.3, -0.25) is 9.69 Å². The summed E-state index contributed by atoms with van der Waals surface area (Å²) in [5.74, 6) is 0.788. The number of carbonyl (C=O) groups excluding carboxylic acids is 1. The molecule has 31 heavy (non-hydrogen) atoms. The first kappa shape index (κ1) is 24.0. The highest BCUT2D eigenvalue weighted by atomic mass is 32.2. The van der Waals surface area contributed by atoms with E-state index in [1.807, 2.05) is 38.1 Å². The Morgan fingerprint density at radius 1 is 1.16 bits per heavy atom. The molecule has 1 aromatic carbocycles. The molecule has 1 amide bonds. The van der Waals surface area contributed by atoms with Crippen molar-refractivity contribution in [2.24, 2.45) is 5.41 Å². The van der Waals surface area contributed by atoms with Gasteiger partial charge in [-0.15, -0.1) is 0 Å². The second-order valence-electron chi connectivity index (χ2n) is 9.81. The molecule has 1 aromatic rings. The van der Waals surface area contributed by atoms with Crippen molar-refractivity contribution in [3.63, 3.8) is 0 Å². The fraction of sp³-hybridized carbons (Fsp3) is 0.696. The van der Waals surface area contributed by atoms with E-state index in [0.717, 1.165) is 56.6 Å². The maximum Gasteiger partial charge on any atom is 0.238 e. The summed E-state index contributed by atoms with van der Waals surface area (Å²) in [6, 6.07) is 7.49. The molecule has 0 unspecified atom stereocenters. The minimum atomic E-state index is -3.22. The molecule has 2 aliphatic heterocycles. The number of sulfonamides is 1. The van der Waals surface area contributed by atoms with Gasteiger partial charge in [0.1, 0.15) is 5.75 Å². The number of carbonyl (C=O) groups is 1. The van der Waals surface area contributed by atoms with Crippen LogP contribution in [0.15, 0.2) is 24.3 Å². The van der Waals surface area contributed by atoms with E-state index < -0.39 is 10.0 Å². The first-order valence-electron chi connectivity index (χ1n) is 11.3. The van der Waals surface area contributed by atoms with Crippen molar-refractivity contribution in [2.75, 3.05) is 44.4 Å². The third kappa shape index (κ3) is 6.20. The molecular formula is C23H37N3O4S. The van der Waals surface area contributed by atoms with E-state index >= 15 is 0 Å². The van der Waals surface area contributed by atoms with Crippen LogP contribution in [0.5, 0.6) is 5.75 Å². The van der Waals surface area contributed by atoms with E-state index in [1.165, 1.54) is 6.26 Å². The zero-order valence-electron chi connectivity index (χ0n) is 19.3. The van der Waals surface area contributed by atoms with Gasteiger partial charge in [-0.05, 0) is 82.3 Å². The Bertz CT molecular complexity index is 859. The lowest BCUT2D eigenvalue weighted by Crippen LogP contribution is -2.45. The summed E-state index contributed by atoms with van der Waals surface area (Å²) in [6.45, 7) is 9.43. The largest absolute Gasteiger partial charge is 0.494 e. The number of hydrogen-bond acceptors (Lipinski definition) is 5. The first-order valence-corrected chi connectivity index (χ1v) is 13.1. The second-order valence-corrected chi connectivity index (χ2v) is 11.7. The van der Waals surface area contributed by atoms with Crippen molar-refractivity contribution >= 4 is 21.6 Å². The monoisotopic (exact) mass is 451 g/mol. The Labute approximate surface area is 187 Å². The van der Waals surface area contributed by atoms with Crippen LogP contribution in [-0.2, 0) is 14.8 Å². The summed E-state index contributed by atoms with van der Waals surface area (Å²) < 4.78 is 31.7. The van der Waals surface area contributed by atoms with Crippen molar-refractivity contribution in [2.45, 2.75) is 58.4 Å². The molecule has 2 saturated heterocycles. The standard InChI is InChI=1S/C23H37N3O4S/c1-5-6-15-30-20-9-7-19(8-10-20)24-21(27)16-25-13-11-23(12-14-25)17-22(2,3)26(18-23)31(4,28)29/h7-10H,5-6,11-18H2,1-4H3,(H,24,27). The van der Waals surface area contributed by atoms with E-state index in [1.54, 1.807) is 4.31 Å². The summed E-state index contributed by atoms with van der Waals surface area (Å²) >= 11 is 0. The number of rotatable bonds is 8. The molecule has 0 aliphatic carbocycles. The highest BCUT2D eigenvalue weighted by molar-refractivity contribution is 7.88. The quantitative estimate of drug-likeness (QED) is 0.614. The smallest absolute Gasteiger partial charge is 0.238 e. The maximum atomic E-state index is 12.5. The van der Waals surface area contributed by atoms with E-state index in [0.29, 0.717) is 19.7 Å². The Morgan fingerprint density at radius 3 is 2.35 bits per heavy atom. The Hall–Kier alpha value is -1.64. The highest BCUT2D eigenvalue weighted by Crippen LogP contribution is 2.48. The van der Waals surface area contributed by atoms with Crippen molar-refractivity contribution in [1.82, 2.24) is 9.21 Å². The molecule has 174 valence electrons. The third-order valence-corrected chi connectivity index (χ3v) is 7.97. The van der Waals surface area contributed by atoms with Crippen molar-refractivity contribution < 1.29 is 17.9 Å². The van der Waals surface area contributed by atoms with Gasteiger partial charge in [0.05, 0.1) is 19.4 Å². The molecule has 0 aromatic heterocycles. The van der Waals surface area contributed by atoms with E-state index in [9.17, 15) is 13.2 Å². The molecular weight excluding hydrogens is 414 g/mol. The van der Waals surface area contributed by atoms with Gasteiger partial charge >= 0.3 is 0 Å². The van der Waals surface area contributed by atoms with Crippen LogP contribution in [0.25, 0.3) is 0 Å². The lowest BCUT2D eigenvalue weighted by atomic mass is 9.74.